The summed E-state index contributed by atoms with van der Waals surface area (Å²) >= 11 is 0. The second-order valence-electron chi connectivity index (χ2n) is 6.29. The number of rotatable bonds is 1. The standard InChI is InChI=1S/C18H22N/c1-12(2)17-13(3)19(4,5)16-11-10-14-8-6-7-9-15(14)18(16)17/h6-12H,1-5H3/q+1. The maximum absolute atomic E-state index is 2.30. The zero-order valence-corrected chi connectivity index (χ0v) is 12.5. The quantitative estimate of drug-likeness (QED) is 0.639. The van der Waals surface area contributed by atoms with E-state index in [-0.39, 0.29) is 0 Å². The highest BCUT2D eigenvalue weighted by Crippen LogP contribution is 2.48. The number of nitrogens with zero attached hydrogens (tertiary/aromatic N) is 1. The third-order valence-corrected chi connectivity index (χ3v) is 4.58. The Morgan fingerprint density at radius 1 is 0.947 bits per heavy atom. The molecule has 0 aliphatic carbocycles. The van der Waals surface area contributed by atoms with E-state index in [0.29, 0.717) is 5.92 Å². The molecule has 1 heteroatoms. The first-order chi connectivity index (χ1) is 8.94. The Hall–Kier alpha value is -1.60. The molecular weight excluding hydrogens is 230 g/mol. The molecule has 0 spiro atoms. The summed E-state index contributed by atoms with van der Waals surface area (Å²) in [6, 6.07) is 13.3. The molecule has 0 N–H and O–H groups in total. The van der Waals surface area contributed by atoms with Crippen molar-refractivity contribution in [3.63, 3.8) is 0 Å². The molecule has 2 aromatic rings. The molecule has 1 aliphatic heterocycles. The number of hydrogen-bond donors (Lipinski definition) is 0. The second kappa shape index (κ2) is 3.94. The van der Waals surface area contributed by atoms with Gasteiger partial charge < -0.3 is 0 Å². The van der Waals surface area contributed by atoms with Crippen LogP contribution in [0.1, 0.15) is 26.3 Å². The zero-order valence-electron chi connectivity index (χ0n) is 12.5. The predicted molar refractivity (Wildman–Crippen MR) is 85.0 cm³/mol. The first-order valence-corrected chi connectivity index (χ1v) is 7.02. The van der Waals surface area contributed by atoms with Crippen LogP contribution in [0.3, 0.4) is 0 Å². The number of quaternary nitrogens is 1. The monoisotopic (exact) mass is 252 g/mol. The van der Waals surface area contributed by atoms with Gasteiger partial charge in [-0.2, -0.15) is 0 Å². The molecule has 0 saturated heterocycles. The van der Waals surface area contributed by atoms with Gasteiger partial charge in [-0.05, 0) is 22.8 Å². The number of allylic oxidation sites excluding steroid dienone is 2. The summed E-state index contributed by atoms with van der Waals surface area (Å²) in [7, 11) is 4.58. The summed E-state index contributed by atoms with van der Waals surface area (Å²) in [5.41, 5.74) is 5.90. The van der Waals surface area contributed by atoms with Crippen LogP contribution in [0.2, 0.25) is 0 Å². The molecule has 1 nitrogen and oxygen atoms in total. The Morgan fingerprint density at radius 2 is 1.63 bits per heavy atom. The van der Waals surface area contributed by atoms with Crippen LogP contribution in [0.25, 0.3) is 16.3 Å². The minimum atomic E-state index is 0.560. The van der Waals surface area contributed by atoms with E-state index >= 15 is 0 Å². The summed E-state index contributed by atoms with van der Waals surface area (Å²) in [5, 5.41) is 2.74. The predicted octanol–water partition coefficient (Wildman–Crippen LogP) is 4.81. The molecule has 0 atom stereocenters. The van der Waals surface area contributed by atoms with Crippen molar-refractivity contribution in [2.45, 2.75) is 20.8 Å². The molecule has 1 heterocycles. The summed E-state index contributed by atoms with van der Waals surface area (Å²) in [6.45, 7) is 6.88. The van der Waals surface area contributed by atoms with Crippen molar-refractivity contribution >= 4 is 22.0 Å². The fraction of sp³-hybridized carbons (Fsp3) is 0.333. The van der Waals surface area contributed by atoms with Gasteiger partial charge in [-0.15, -0.1) is 0 Å². The van der Waals surface area contributed by atoms with E-state index in [1.807, 2.05) is 0 Å². The largest absolute Gasteiger partial charge is 0.267 e. The van der Waals surface area contributed by atoms with Gasteiger partial charge in [-0.1, -0.05) is 38.1 Å². The number of hydrogen-bond acceptors (Lipinski definition) is 0. The van der Waals surface area contributed by atoms with E-state index in [1.165, 1.54) is 33.3 Å². The van der Waals surface area contributed by atoms with Gasteiger partial charge in [0.2, 0.25) is 0 Å². The average Bonchev–Trinajstić information content (AvgIpc) is 2.58. The van der Waals surface area contributed by atoms with E-state index < -0.39 is 0 Å². The van der Waals surface area contributed by atoms with E-state index in [2.05, 4.69) is 71.3 Å². The molecular formula is C18H22N+. The lowest BCUT2D eigenvalue weighted by atomic mass is 9.91. The molecule has 0 aromatic heterocycles. The van der Waals surface area contributed by atoms with E-state index in [4.69, 9.17) is 0 Å². The topological polar surface area (TPSA) is 0 Å². The maximum atomic E-state index is 2.30. The zero-order chi connectivity index (χ0) is 13.8. The fourth-order valence-corrected chi connectivity index (χ4v) is 3.38. The molecule has 0 amide bonds. The fourth-order valence-electron chi connectivity index (χ4n) is 3.38. The third-order valence-electron chi connectivity index (χ3n) is 4.58. The molecule has 98 valence electrons. The van der Waals surface area contributed by atoms with Gasteiger partial charge in [-0.3, -0.25) is 4.48 Å². The first-order valence-electron chi connectivity index (χ1n) is 7.02. The summed E-state index contributed by atoms with van der Waals surface area (Å²) in [4.78, 5) is 0. The van der Waals surface area contributed by atoms with Crippen molar-refractivity contribution in [1.82, 2.24) is 4.48 Å². The Bertz CT molecular complexity index is 690. The van der Waals surface area contributed by atoms with Crippen LogP contribution < -0.4 is 4.48 Å². The van der Waals surface area contributed by atoms with Crippen molar-refractivity contribution in [2.24, 2.45) is 5.92 Å². The number of fused-ring (bicyclic) bond motifs is 3. The van der Waals surface area contributed by atoms with Gasteiger partial charge in [-0.25, -0.2) is 0 Å². The van der Waals surface area contributed by atoms with Crippen molar-refractivity contribution in [2.75, 3.05) is 14.1 Å². The van der Waals surface area contributed by atoms with Gasteiger partial charge in [0, 0.05) is 18.6 Å². The lowest BCUT2D eigenvalue weighted by Gasteiger charge is -2.26. The summed E-state index contributed by atoms with van der Waals surface area (Å²) in [6.07, 6.45) is 0. The molecule has 2 aromatic carbocycles. The second-order valence-corrected chi connectivity index (χ2v) is 6.29. The van der Waals surface area contributed by atoms with E-state index in [0.717, 1.165) is 4.48 Å². The van der Waals surface area contributed by atoms with Crippen LogP contribution >= 0.6 is 0 Å². The maximum Gasteiger partial charge on any atom is 0.145 e. The Morgan fingerprint density at radius 3 is 2.32 bits per heavy atom. The van der Waals surface area contributed by atoms with E-state index in [9.17, 15) is 0 Å². The lowest BCUT2D eigenvalue weighted by Crippen LogP contribution is -2.36. The van der Waals surface area contributed by atoms with Crippen molar-refractivity contribution < 1.29 is 0 Å². The molecule has 1 aliphatic rings. The molecule has 0 saturated carbocycles. The summed E-state index contributed by atoms with van der Waals surface area (Å²) < 4.78 is 0.883. The Labute approximate surface area is 115 Å². The van der Waals surface area contributed by atoms with Crippen molar-refractivity contribution in [3.8, 4) is 0 Å². The molecule has 3 rings (SSSR count). The number of benzene rings is 2. The molecule has 0 unspecified atom stereocenters. The third kappa shape index (κ3) is 1.58. The Balaban J connectivity index is 2.46. The highest BCUT2D eigenvalue weighted by molar-refractivity contribution is 6.02. The van der Waals surface area contributed by atoms with Crippen LogP contribution in [0.15, 0.2) is 42.1 Å². The van der Waals surface area contributed by atoms with Crippen molar-refractivity contribution in [1.29, 1.82) is 0 Å². The SMILES string of the molecule is CC1=C(C(C)C)c2c(ccc3ccccc23)[N+]1(C)C. The van der Waals surface area contributed by atoms with E-state index in [1.54, 1.807) is 0 Å². The minimum absolute atomic E-state index is 0.560. The van der Waals surface area contributed by atoms with Gasteiger partial charge in [0.25, 0.3) is 0 Å². The van der Waals surface area contributed by atoms with Gasteiger partial charge in [0.1, 0.15) is 11.4 Å². The van der Waals surface area contributed by atoms with Crippen LogP contribution in [-0.4, -0.2) is 14.1 Å². The smallest absolute Gasteiger partial charge is 0.145 e. The highest BCUT2D eigenvalue weighted by Gasteiger charge is 2.38. The minimum Gasteiger partial charge on any atom is -0.267 e. The normalized spacial score (nSPS) is 17.4. The van der Waals surface area contributed by atoms with Crippen LogP contribution in [-0.2, 0) is 0 Å². The molecule has 0 bridgehead atoms. The van der Waals surface area contributed by atoms with Crippen LogP contribution in [0, 0.1) is 5.92 Å². The van der Waals surface area contributed by atoms with Crippen LogP contribution in [0.4, 0.5) is 5.69 Å². The summed E-state index contributed by atoms with van der Waals surface area (Å²) in [5.74, 6) is 0.560. The lowest BCUT2D eigenvalue weighted by molar-refractivity contribution is 0.505. The highest BCUT2D eigenvalue weighted by atomic mass is 15.3. The molecule has 19 heavy (non-hydrogen) atoms. The van der Waals surface area contributed by atoms with Gasteiger partial charge >= 0.3 is 0 Å². The van der Waals surface area contributed by atoms with Crippen LogP contribution in [0.5, 0.6) is 0 Å². The average molecular weight is 252 g/mol. The first kappa shape index (κ1) is 12.4. The molecule has 0 radical (unpaired) electrons. The van der Waals surface area contributed by atoms with Crippen molar-refractivity contribution in [3.05, 3.63) is 47.7 Å². The van der Waals surface area contributed by atoms with Gasteiger partial charge in [0.05, 0.1) is 19.7 Å². The van der Waals surface area contributed by atoms with Gasteiger partial charge in [0.15, 0.2) is 0 Å². The molecule has 0 fully saturated rings. The Kier molecular flexibility index (Phi) is 2.58.